The number of hydrogen-bond donors (Lipinski definition) is 2. The molecule has 3 fully saturated rings. The molecule has 0 saturated carbocycles. The van der Waals surface area contributed by atoms with Gasteiger partial charge in [0.1, 0.15) is 6.04 Å². The van der Waals surface area contributed by atoms with E-state index in [1.807, 2.05) is 30.6 Å². The van der Waals surface area contributed by atoms with Crippen LogP contribution in [0.5, 0.6) is 0 Å². The van der Waals surface area contributed by atoms with Crippen molar-refractivity contribution in [3.63, 3.8) is 0 Å². The number of carbonyl (C=O) groups excluding carboxylic acids is 2. The Morgan fingerprint density at radius 1 is 1.24 bits per heavy atom. The lowest BCUT2D eigenvalue weighted by atomic mass is 10.0. The van der Waals surface area contributed by atoms with E-state index in [4.69, 9.17) is 10.8 Å². The molecule has 33 heavy (non-hydrogen) atoms. The van der Waals surface area contributed by atoms with Gasteiger partial charge in [-0.1, -0.05) is 19.1 Å². The van der Waals surface area contributed by atoms with E-state index in [-0.39, 0.29) is 54.0 Å². The second-order valence-corrected chi connectivity index (χ2v) is 9.66. The molecular weight excluding hydrogens is 422 g/mol. The minimum absolute atomic E-state index is 0.0128. The molecule has 176 valence electrons. The predicted octanol–water partition coefficient (Wildman–Crippen LogP) is 1.21. The molecule has 4 rings (SSSR count). The lowest BCUT2D eigenvalue weighted by molar-refractivity contribution is -0.141. The van der Waals surface area contributed by atoms with Crippen LogP contribution in [0.3, 0.4) is 0 Å². The molecule has 2 bridgehead atoms. The highest BCUT2D eigenvalue weighted by atomic mass is 16.4. The van der Waals surface area contributed by atoms with Crippen molar-refractivity contribution in [1.29, 1.82) is 5.26 Å². The second kappa shape index (κ2) is 8.76. The summed E-state index contributed by atoms with van der Waals surface area (Å²) in [6.07, 6.45) is 1.35. The largest absolute Gasteiger partial charge is 0.478 e. The first kappa shape index (κ1) is 23.2. The van der Waals surface area contributed by atoms with E-state index in [9.17, 15) is 19.6 Å². The summed E-state index contributed by atoms with van der Waals surface area (Å²) in [6.45, 7) is 6.87. The number of fused-ring (bicyclic) bond motifs is 2. The standard InChI is InChI=1S/C24H31N5O4/c1-13-8-18(10-25)28(14(13)2)22(30)20(26)12-27-11-19-9-21(27)23(31)29(19)15(3)16-4-6-17(7-5-16)24(32)33/h4-7,13-15,18-21H,8-9,11-12,26H2,1-3H3,(H,32,33)/t13?,14?,15-,18?,19-,20?,21?/m0/s1. The summed E-state index contributed by atoms with van der Waals surface area (Å²) in [5, 5.41) is 18.5. The highest BCUT2D eigenvalue weighted by molar-refractivity contribution is 5.88. The molecule has 1 aromatic rings. The van der Waals surface area contributed by atoms with Gasteiger partial charge in [0.25, 0.3) is 0 Å². The molecule has 5 unspecified atom stereocenters. The smallest absolute Gasteiger partial charge is 0.335 e. The first-order valence-corrected chi connectivity index (χ1v) is 11.5. The Bertz CT molecular complexity index is 990. The molecule has 0 radical (unpaired) electrons. The van der Waals surface area contributed by atoms with Crippen molar-refractivity contribution in [3.8, 4) is 6.07 Å². The average Bonchev–Trinajstić information content (AvgIpc) is 3.43. The summed E-state index contributed by atoms with van der Waals surface area (Å²) in [5.74, 6) is -0.947. The minimum atomic E-state index is -0.981. The molecule has 0 spiro atoms. The van der Waals surface area contributed by atoms with Crippen LogP contribution in [0.4, 0.5) is 0 Å². The van der Waals surface area contributed by atoms with Gasteiger partial charge < -0.3 is 20.6 Å². The van der Waals surface area contributed by atoms with Gasteiger partial charge in [0.2, 0.25) is 11.8 Å². The van der Waals surface area contributed by atoms with Gasteiger partial charge >= 0.3 is 5.97 Å². The normalized spacial score (nSPS) is 31.0. The summed E-state index contributed by atoms with van der Waals surface area (Å²) in [7, 11) is 0. The van der Waals surface area contributed by atoms with Crippen molar-refractivity contribution in [2.75, 3.05) is 13.1 Å². The number of carbonyl (C=O) groups is 3. The van der Waals surface area contributed by atoms with Crippen molar-refractivity contribution in [3.05, 3.63) is 35.4 Å². The van der Waals surface area contributed by atoms with Crippen molar-refractivity contribution in [2.45, 2.75) is 69.9 Å². The molecule has 3 heterocycles. The van der Waals surface area contributed by atoms with Gasteiger partial charge in [0, 0.05) is 25.2 Å². The SMILES string of the molecule is CC1CC(C#N)N(C(=O)C(N)CN2C[C@@H]3CC2C(=O)N3[C@@H](C)c2ccc(C(=O)O)cc2)C1C. The van der Waals surface area contributed by atoms with E-state index in [0.717, 1.165) is 5.56 Å². The molecule has 3 aliphatic heterocycles. The van der Waals surface area contributed by atoms with E-state index >= 15 is 0 Å². The van der Waals surface area contributed by atoms with Crippen molar-refractivity contribution in [2.24, 2.45) is 11.7 Å². The van der Waals surface area contributed by atoms with Crippen LogP contribution in [0.2, 0.25) is 0 Å². The van der Waals surface area contributed by atoms with Crippen LogP contribution in [-0.2, 0) is 9.59 Å². The maximum absolute atomic E-state index is 13.2. The van der Waals surface area contributed by atoms with Crippen molar-refractivity contribution in [1.82, 2.24) is 14.7 Å². The maximum atomic E-state index is 13.2. The molecule has 3 saturated heterocycles. The predicted molar refractivity (Wildman–Crippen MR) is 120 cm³/mol. The van der Waals surface area contributed by atoms with Gasteiger partial charge in [-0.2, -0.15) is 5.26 Å². The number of nitrogens with two attached hydrogens (primary N) is 1. The molecule has 3 aliphatic rings. The number of nitriles is 1. The molecule has 9 heteroatoms. The van der Waals surface area contributed by atoms with Crippen LogP contribution in [0.25, 0.3) is 0 Å². The second-order valence-electron chi connectivity index (χ2n) is 9.66. The molecule has 7 atom stereocenters. The Morgan fingerprint density at radius 2 is 1.91 bits per heavy atom. The zero-order chi connectivity index (χ0) is 24.0. The van der Waals surface area contributed by atoms with Gasteiger partial charge in [-0.3, -0.25) is 14.5 Å². The first-order valence-electron chi connectivity index (χ1n) is 11.5. The Morgan fingerprint density at radius 3 is 2.48 bits per heavy atom. The zero-order valence-electron chi connectivity index (χ0n) is 19.2. The Labute approximate surface area is 193 Å². The van der Waals surface area contributed by atoms with Crippen LogP contribution in [0, 0.1) is 17.2 Å². The minimum Gasteiger partial charge on any atom is -0.478 e. The average molecular weight is 454 g/mol. The number of rotatable bonds is 6. The topological polar surface area (TPSA) is 131 Å². The molecule has 3 N–H and O–H groups in total. The Balaban J connectivity index is 1.40. The lowest BCUT2D eigenvalue weighted by Crippen LogP contribution is -2.57. The third-order valence-electron chi connectivity index (χ3n) is 7.72. The van der Waals surface area contributed by atoms with E-state index < -0.39 is 18.1 Å². The van der Waals surface area contributed by atoms with Gasteiger partial charge in [0.15, 0.2) is 0 Å². The fourth-order valence-electron chi connectivity index (χ4n) is 5.68. The summed E-state index contributed by atoms with van der Waals surface area (Å²) >= 11 is 0. The summed E-state index contributed by atoms with van der Waals surface area (Å²) in [4.78, 5) is 42.8. The van der Waals surface area contributed by atoms with Crippen molar-refractivity contribution >= 4 is 17.8 Å². The van der Waals surface area contributed by atoms with Crippen LogP contribution in [-0.4, -0.2) is 80.9 Å². The number of carboxylic acids is 1. The number of hydrogen-bond acceptors (Lipinski definition) is 6. The Kier molecular flexibility index (Phi) is 6.16. The molecule has 2 amide bonds. The fourth-order valence-corrected chi connectivity index (χ4v) is 5.68. The fraction of sp³-hybridized carbons (Fsp3) is 0.583. The molecule has 0 aliphatic carbocycles. The van der Waals surface area contributed by atoms with Crippen molar-refractivity contribution < 1.29 is 19.5 Å². The number of likely N-dealkylation sites (tertiary alicyclic amines) is 3. The zero-order valence-corrected chi connectivity index (χ0v) is 19.2. The van der Waals surface area contributed by atoms with E-state index in [1.54, 1.807) is 29.2 Å². The first-order chi connectivity index (χ1) is 15.6. The number of benzene rings is 1. The monoisotopic (exact) mass is 453 g/mol. The summed E-state index contributed by atoms with van der Waals surface area (Å²) < 4.78 is 0. The van der Waals surface area contributed by atoms with Crippen LogP contribution in [0.1, 0.15) is 55.6 Å². The third-order valence-corrected chi connectivity index (χ3v) is 7.72. The number of piperazine rings is 1. The molecule has 9 nitrogen and oxygen atoms in total. The van der Waals surface area contributed by atoms with E-state index in [0.29, 0.717) is 19.4 Å². The highest BCUT2D eigenvalue weighted by Crippen LogP contribution is 2.38. The van der Waals surface area contributed by atoms with Gasteiger partial charge in [-0.15, -0.1) is 0 Å². The van der Waals surface area contributed by atoms with Crippen LogP contribution >= 0.6 is 0 Å². The van der Waals surface area contributed by atoms with Gasteiger partial charge in [-0.25, -0.2) is 4.79 Å². The van der Waals surface area contributed by atoms with Gasteiger partial charge in [-0.05, 0) is 50.3 Å². The molecule has 1 aromatic carbocycles. The van der Waals surface area contributed by atoms with Crippen LogP contribution in [0.15, 0.2) is 24.3 Å². The summed E-state index contributed by atoms with van der Waals surface area (Å²) in [6, 6.07) is 7.12. The molecule has 0 aromatic heterocycles. The quantitative estimate of drug-likeness (QED) is 0.662. The number of nitrogens with zero attached hydrogens (tertiary/aromatic N) is 4. The maximum Gasteiger partial charge on any atom is 0.335 e. The number of amides is 2. The van der Waals surface area contributed by atoms with Gasteiger partial charge in [0.05, 0.1) is 29.8 Å². The Hall–Kier alpha value is -2.96. The van der Waals surface area contributed by atoms with E-state index in [2.05, 4.69) is 6.07 Å². The third kappa shape index (κ3) is 3.98. The highest BCUT2D eigenvalue weighted by Gasteiger charge is 2.52. The molecular formula is C24H31N5O4. The summed E-state index contributed by atoms with van der Waals surface area (Å²) in [5.41, 5.74) is 7.39. The number of carboxylic acid groups (broad SMARTS) is 1. The lowest BCUT2D eigenvalue weighted by Gasteiger charge is -2.39. The van der Waals surface area contributed by atoms with Crippen LogP contribution < -0.4 is 5.73 Å². The van der Waals surface area contributed by atoms with E-state index in [1.165, 1.54) is 0 Å². The number of aromatic carboxylic acids is 1.